The summed E-state index contributed by atoms with van der Waals surface area (Å²) in [6.07, 6.45) is 2.74. The number of rotatable bonds is 3. The Morgan fingerprint density at radius 2 is 2.33 bits per heavy atom. The molecule has 1 nitrogen and oxygen atoms in total. The molecular weight excluding hydrogens is 258 g/mol. The standard InChI is InChI=1S/C8H10BrNS.ClH/c9-6-3-8(11-5-6)4-10-7-1-2-7;/h3,5,7,10H,1-2,4H2;1H. The van der Waals surface area contributed by atoms with Crippen LogP contribution >= 0.6 is 39.7 Å². The molecule has 1 aromatic rings. The van der Waals surface area contributed by atoms with Crippen LogP contribution in [0.4, 0.5) is 0 Å². The Bertz CT molecular complexity index is 247. The largest absolute Gasteiger partial charge is 0.309 e. The van der Waals surface area contributed by atoms with Crippen LogP contribution in [0.3, 0.4) is 0 Å². The molecule has 0 amide bonds. The highest BCUT2D eigenvalue weighted by Gasteiger charge is 2.19. The van der Waals surface area contributed by atoms with Gasteiger partial charge in [0.2, 0.25) is 0 Å². The summed E-state index contributed by atoms with van der Waals surface area (Å²) in [6.45, 7) is 1.04. The van der Waals surface area contributed by atoms with E-state index in [0.717, 1.165) is 12.6 Å². The lowest BCUT2D eigenvalue weighted by Gasteiger charge is -1.97. The maximum atomic E-state index is 3.48. The Balaban J connectivity index is 0.000000720. The van der Waals surface area contributed by atoms with Crippen LogP contribution in [0.5, 0.6) is 0 Å². The van der Waals surface area contributed by atoms with E-state index in [1.807, 2.05) is 11.3 Å². The molecule has 0 bridgehead atoms. The quantitative estimate of drug-likeness (QED) is 0.888. The molecule has 2 rings (SSSR count). The van der Waals surface area contributed by atoms with E-state index < -0.39 is 0 Å². The lowest BCUT2D eigenvalue weighted by atomic mass is 10.4. The molecule has 1 N–H and O–H groups in total. The minimum Gasteiger partial charge on any atom is -0.309 e. The SMILES string of the molecule is Brc1csc(CNC2CC2)c1.Cl. The van der Waals surface area contributed by atoms with Gasteiger partial charge in [0.15, 0.2) is 0 Å². The van der Waals surface area contributed by atoms with Crippen LogP contribution in [0.15, 0.2) is 15.9 Å². The number of halogens is 2. The zero-order valence-corrected chi connectivity index (χ0v) is 9.77. The predicted molar refractivity (Wildman–Crippen MR) is 59.1 cm³/mol. The second-order valence-corrected chi connectivity index (χ2v) is 4.80. The fourth-order valence-corrected chi connectivity index (χ4v) is 2.38. The van der Waals surface area contributed by atoms with Crippen LogP contribution in [0.25, 0.3) is 0 Å². The third kappa shape index (κ3) is 3.05. The summed E-state index contributed by atoms with van der Waals surface area (Å²) in [7, 11) is 0. The van der Waals surface area contributed by atoms with Gasteiger partial charge in [-0.2, -0.15) is 0 Å². The van der Waals surface area contributed by atoms with Crippen LogP contribution < -0.4 is 5.32 Å². The summed E-state index contributed by atoms with van der Waals surface area (Å²) in [4.78, 5) is 1.42. The van der Waals surface area contributed by atoms with Gasteiger partial charge in [0.05, 0.1) is 0 Å². The topological polar surface area (TPSA) is 12.0 Å². The normalized spacial score (nSPS) is 15.8. The first-order valence-corrected chi connectivity index (χ1v) is 5.48. The predicted octanol–water partition coefficient (Wildman–Crippen LogP) is 3.18. The molecule has 4 heteroatoms. The van der Waals surface area contributed by atoms with Gasteiger partial charge < -0.3 is 5.32 Å². The fraction of sp³-hybridized carbons (Fsp3) is 0.500. The maximum Gasteiger partial charge on any atom is 0.0302 e. The van der Waals surface area contributed by atoms with Crippen molar-refractivity contribution in [2.45, 2.75) is 25.4 Å². The molecule has 0 aliphatic heterocycles. The van der Waals surface area contributed by atoms with E-state index in [0.29, 0.717) is 0 Å². The average Bonchev–Trinajstić information content (AvgIpc) is 2.72. The summed E-state index contributed by atoms with van der Waals surface area (Å²) >= 11 is 5.25. The number of nitrogens with one attached hydrogen (secondary N) is 1. The van der Waals surface area contributed by atoms with Crippen molar-refractivity contribution >= 4 is 39.7 Å². The number of thiophene rings is 1. The van der Waals surface area contributed by atoms with E-state index in [4.69, 9.17) is 0 Å². The van der Waals surface area contributed by atoms with Crippen molar-refractivity contribution in [2.75, 3.05) is 0 Å². The van der Waals surface area contributed by atoms with E-state index in [-0.39, 0.29) is 12.4 Å². The van der Waals surface area contributed by atoms with Gasteiger partial charge in [0.25, 0.3) is 0 Å². The summed E-state index contributed by atoms with van der Waals surface area (Å²) in [6, 6.07) is 3.00. The zero-order chi connectivity index (χ0) is 7.68. The van der Waals surface area contributed by atoms with Crippen molar-refractivity contribution in [3.8, 4) is 0 Å². The summed E-state index contributed by atoms with van der Waals surface area (Å²) in [5.41, 5.74) is 0. The zero-order valence-electron chi connectivity index (χ0n) is 6.55. The van der Waals surface area contributed by atoms with Crippen molar-refractivity contribution < 1.29 is 0 Å². The summed E-state index contributed by atoms with van der Waals surface area (Å²) in [5.74, 6) is 0. The van der Waals surface area contributed by atoms with Crippen LogP contribution in [0.1, 0.15) is 17.7 Å². The van der Waals surface area contributed by atoms with Crippen molar-refractivity contribution in [3.63, 3.8) is 0 Å². The minimum absolute atomic E-state index is 0. The molecule has 0 saturated heterocycles. The van der Waals surface area contributed by atoms with Gasteiger partial charge in [-0.05, 0) is 34.8 Å². The molecule has 0 atom stereocenters. The first-order chi connectivity index (χ1) is 5.34. The highest BCUT2D eigenvalue weighted by Crippen LogP contribution is 2.22. The second kappa shape index (κ2) is 4.61. The van der Waals surface area contributed by atoms with Crippen molar-refractivity contribution in [3.05, 3.63) is 20.8 Å². The van der Waals surface area contributed by atoms with Gasteiger partial charge in [-0.25, -0.2) is 0 Å². The lowest BCUT2D eigenvalue weighted by Crippen LogP contribution is -2.14. The first kappa shape index (κ1) is 10.5. The Kier molecular flexibility index (Phi) is 4.03. The Hall–Kier alpha value is 0.430. The highest BCUT2D eigenvalue weighted by atomic mass is 79.9. The molecular formula is C8H11BrClNS. The molecule has 12 heavy (non-hydrogen) atoms. The molecule has 1 aromatic heterocycles. The second-order valence-electron chi connectivity index (χ2n) is 2.89. The van der Waals surface area contributed by atoms with E-state index in [9.17, 15) is 0 Å². The Morgan fingerprint density at radius 1 is 1.58 bits per heavy atom. The number of hydrogen-bond acceptors (Lipinski definition) is 2. The summed E-state index contributed by atoms with van der Waals surface area (Å²) in [5, 5.41) is 5.60. The first-order valence-electron chi connectivity index (χ1n) is 3.81. The van der Waals surface area contributed by atoms with Crippen LogP contribution in [0, 0.1) is 0 Å². The van der Waals surface area contributed by atoms with Crippen molar-refractivity contribution in [1.82, 2.24) is 5.32 Å². The average molecular weight is 269 g/mol. The van der Waals surface area contributed by atoms with Gasteiger partial charge in [-0.1, -0.05) is 0 Å². The molecule has 1 fully saturated rings. The molecule has 68 valence electrons. The summed E-state index contributed by atoms with van der Waals surface area (Å²) < 4.78 is 1.20. The molecule has 0 unspecified atom stereocenters. The minimum atomic E-state index is 0. The van der Waals surface area contributed by atoms with Gasteiger partial charge in [-0.15, -0.1) is 23.7 Å². The van der Waals surface area contributed by atoms with Crippen LogP contribution in [-0.2, 0) is 6.54 Å². The van der Waals surface area contributed by atoms with E-state index in [2.05, 4.69) is 32.7 Å². The van der Waals surface area contributed by atoms with Gasteiger partial charge in [0, 0.05) is 27.3 Å². The lowest BCUT2D eigenvalue weighted by molar-refractivity contribution is 0.695. The third-order valence-electron chi connectivity index (χ3n) is 1.76. The smallest absolute Gasteiger partial charge is 0.0302 e. The molecule has 0 radical (unpaired) electrons. The molecule has 1 aliphatic rings. The van der Waals surface area contributed by atoms with Crippen molar-refractivity contribution in [2.24, 2.45) is 0 Å². The fourth-order valence-electron chi connectivity index (χ4n) is 0.979. The van der Waals surface area contributed by atoms with Gasteiger partial charge >= 0.3 is 0 Å². The molecule has 1 saturated carbocycles. The Morgan fingerprint density at radius 3 is 2.83 bits per heavy atom. The van der Waals surface area contributed by atoms with Gasteiger partial charge in [0.1, 0.15) is 0 Å². The van der Waals surface area contributed by atoms with Crippen LogP contribution in [0.2, 0.25) is 0 Å². The van der Waals surface area contributed by atoms with E-state index in [1.54, 1.807) is 0 Å². The molecule has 0 spiro atoms. The van der Waals surface area contributed by atoms with E-state index in [1.165, 1.54) is 22.2 Å². The van der Waals surface area contributed by atoms with Gasteiger partial charge in [-0.3, -0.25) is 0 Å². The van der Waals surface area contributed by atoms with Crippen LogP contribution in [-0.4, -0.2) is 6.04 Å². The van der Waals surface area contributed by atoms with Crippen molar-refractivity contribution in [1.29, 1.82) is 0 Å². The molecule has 0 aromatic carbocycles. The molecule has 1 aliphatic carbocycles. The third-order valence-corrected chi connectivity index (χ3v) is 3.46. The highest BCUT2D eigenvalue weighted by molar-refractivity contribution is 9.10. The monoisotopic (exact) mass is 267 g/mol. The molecule has 1 heterocycles. The maximum absolute atomic E-state index is 3.48. The van der Waals surface area contributed by atoms with E-state index >= 15 is 0 Å². The number of hydrogen-bond donors (Lipinski definition) is 1. The Labute approximate surface area is 91.1 Å².